The van der Waals surface area contributed by atoms with E-state index >= 15 is 0 Å². The first-order valence-electron chi connectivity index (χ1n) is 8.50. The molecule has 1 atom stereocenters. The van der Waals surface area contributed by atoms with Crippen molar-refractivity contribution in [2.75, 3.05) is 18.4 Å². The zero-order chi connectivity index (χ0) is 16.9. The number of nitrogens with zero attached hydrogens (tertiary/aromatic N) is 1. The molecule has 1 aliphatic heterocycles. The number of likely N-dealkylation sites (tertiary alicyclic amines) is 1. The lowest BCUT2D eigenvalue weighted by Gasteiger charge is -2.34. The number of anilines is 1. The Bertz CT molecular complexity index is 676. The van der Waals surface area contributed by atoms with E-state index in [4.69, 9.17) is 11.6 Å². The van der Waals surface area contributed by atoms with Crippen LogP contribution in [0.4, 0.5) is 5.69 Å². The number of halogens is 1. The van der Waals surface area contributed by atoms with Crippen molar-refractivity contribution in [3.8, 4) is 0 Å². The zero-order valence-corrected chi connectivity index (χ0v) is 14.7. The molecule has 0 aliphatic carbocycles. The molecule has 1 aliphatic rings. The van der Waals surface area contributed by atoms with Gasteiger partial charge in [-0.1, -0.05) is 47.9 Å². The molecule has 3 nitrogen and oxygen atoms in total. The Morgan fingerprint density at radius 1 is 1.00 bits per heavy atom. The monoisotopic (exact) mass is 342 g/mol. The number of aryl methyl sites for hydroxylation is 1. The number of piperidine rings is 1. The van der Waals surface area contributed by atoms with Crippen molar-refractivity contribution in [2.45, 2.75) is 32.2 Å². The van der Waals surface area contributed by atoms with Crippen LogP contribution >= 0.6 is 11.6 Å². The van der Waals surface area contributed by atoms with E-state index in [0.29, 0.717) is 5.02 Å². The number of rotatable bonds is 4. The summed E-state index contributed by atoms with van der Waals surface area (Å²) in [6.45, 7) is 3.94. The predicted molar refractivity (Wildman–Crippen MR) is 99.4 cm³/mol. The Kier molecular flexibility index (Phi) is 5.54. The van der Waals surface area contributed by atoms with Crippen molar-refractivity contribution in [1.29, 1.82) is 0 Å². The third kappa shape index (κ3) is 4.16. The molecule has 4 heteroatoms. The largest absolute Gasteiger partial charge is 0.324 e. The second-order valence-corrected chi connectivity index (χ2v) is 6.84. The number of hydrogen-bond donors (Lipinski definition) is 1. The fraction of sp³-hybridized carbons (Fsp3) is 0.350. The summed E-state index contributed by atoms with van der Waals surface area (Å²) in [6, 6.07) is 15.3. The van der Waals surface area contributed by atoms with Gasteiger partial charge in [-0.2, -0.15) is 0 Å². The maximum atomic E-state index is 13.0. The van der Waals surface area contributed by atoms with Gasteiger partial charge in [0, 0.05) is 10.7 Å². The van der Waals surface area contributed by atoms with Crippen molar-refractivity contribution >= 4 is 23.2 Å². The fourth-order valence-corrected chi connectivity index (χ4v) is 3.32. The van der Waals surface area contributed by atoms with Gasteiger partial charge in [0.05, 0.1) is 0 Å². The molecule has 0 unspecified atom stereocenters. The third-order valence-electron chi connectivity index (χ3n) is 4.51. The Morgan fingerprint density at radius 2 is 1.62 bits per heavy atom. The molecular formula is C20H23ClN2O. The molecule has 1 saturated heterocycles. The van der Waals surface area contributed by atoms with Crippen molar-refractivity contribution < 1.29 is 4.79 Å². The van der Waals surface area contributed by atoms with Crippen LogP contribution in [0.3, 0.4) is 0 Å². The first kappa shape index (κ1) is 17.0. The lowest BCUT2D eigenvalue weighted by atomic mass is 10.0. The molecule has 24 heavy (non-hydrogen) atoms. The van der Waals surface area contributed by atoms with Crippen LogP contribution in [-0.2, 0) is 4.79 Å². The molecule has 2 aromatic carbocycles. The Hall–Kier alpha value is -1.84. The molecule has 0 saturated carbocycles. The lowest BCUT2D eigenvalue weighted by Crippen LogP contribution is -2.40. The van der Waals surface area contributed by atoms with Gasteiger partial charge in [-0.05, 0) is 62.7 Å². The maximum absolute atomic E-state index is 13.0. The van der Waals surface area contributed by atoms with Crippen molar-refractivity contribution in [3.05, 3.63) is 64.7 Å². The summed E-state index contributed by atoms with van der Waals surface area (Å²) in [6.07, 6.45) is 3.52. The van der Waals surface area contributed by atoms with Gasteiger partial charge >= 0.3 is 0 Å². The minimum Gasteiger partial charge on any atom is -0.324 e. The molecule has 126 valence electrons. The Morgan fingerprint density at radius 3 is 2.25 bits per heavy atom. The van der Waals surface area contributed by atoms with E-state index in [1.165, 1.54) is 12.0 Å². The van der Waals surface area contributed by atoms with Gasteiger partial charge < -0.3 is 5.32 Å². The van der Waals surface area contributed by atoms with Gasteiger partial charge in [-0.25, -0.2) is 0 Å². The second kappa shape index (κ2) is 7.82. The average molecular weight is 343 g/mol. The van der Waals surface area contributed by atoms with E-state index < -0.39 is 0 Å². The lowest BCUT2D eigenvalue weighted by molar-refractivity contribution is -0.122. The standard InChI is InChI=1S/C20H23ClN2O/c1-15-5-11-18(12-6-15)22-20(24)19(23-13-3-2-4-14-23)16-7-9-17(21)10-8-16/h5-12,19H,2-4,13-14H2,1H3,(H,22,24)/t19-/m1/s1. The molecular weight excluding hydrogens is 320 g/mol. The highest BCUT2D eigenvalue weighted by Crippen LogP contribution is 2.27. The summed E-state index contributed by atoms with van der Waals surface area (Å²) >= 11 is 6.01. The summed E-state index contributed by atoms with van der Waals surface area (Å²) in [5, 5.41) is 3.76. The normalized spacial score (nSPS) is 16.6. The molecule has 0 aromatic heterocycles. The molecule has 3 rings (SSSR count). The van der Waals surface area contributed by atoms with Crippen molar-refractivity contribution in [3.63, 3.8) is 0 Å². The van der Waals surface area contributed by atoms with Gasteiger partial charge in [-0.3, -0.25) is 9.69 Å². The second-order valence-electron chi connectivity index (χ2n) is 6.41. The number of carbonyl (C=O) groups excluding carboxylic acids is 1. The fourth-order valence-electron chi connectivity index (χ4n) is 3.20. The minimum absolute atomic E-state index is 0.0167. The molecule has 1 N–H and O–H groups in total. The first-order valence-corrected chi connectivity index (χ1v) is 8.88. The van der Waals surface area contributed by atoms with Gasteiger partial charge in [0.15, 0.2) is 0 Å². The number of nitrogens with one attached hydrogen (secondary N) is 1. The minimum atomic E-state index is -0.274. The highest BCUT2D eigenvalue weighted by molar-refractivity contribution is 6.30. The van der Waals surface area contributed by atoms with E-state index in [2.05, 4.69) is 10.2 Å². The first-order chi connectivity index (χ1) is 11.6. The molecule has 0 bridgehead atoms. The van der Waals surface area contributed by atoms with E-state index in [0.717, 1.165) is 37.2 Å². The van der Waals surface area contributed by atoms with Crippen LogP contribution in [0.5, 0.6) is 0 Å². The van der Waals surface area contributed by atoms with Crippen LogP contribution < -0.4 is 5.32 Å². The molecule has 0 spiro atoms. The average Bonchev–Trinajstić information content (AvgIpc) is 2.60. The van der Waals surface area contributed by atoms with Crippen LogP contribution in [0.15, 0.2) is 48.5 Å². The van der Waals surface area contributed by atoms with Crippen LogP contribution in [0.2, 0.25) is 5.02 Å². The number of amides is 1. The van der Waals surface area contributed by atoms with E-state index in [9.17, 15) is 4.79 Å². The van der Waals surface area contributed by atoms with Crippen LogP contribution in [0, 0.1) is 6.92 Å². The van der Waals surface area contributed by atoms with Crippen LogP contribution in [0.25, 0.3) is 0 Å². The van der Waals surface area contributed by atoms with Crippen LogP contribution in [-0.4, -0.2) is 23.9 Å². The number of carbonyl (C=O) groups is 1. The van der Waals surface area contributed by atoms with Crippen molar-refractivity contribution in [2.24, 2.45) is 0 Å². The Labute approximate surface area is 148 Å². The quantitative estimate of drug-likeness (QED) is 0.864. The summed E-state index contributed by atoms with van der Waals surface area (Å²) in [7, 11) is 0. The Balaban J connectivity index is 1.83. The summed E-state index contributed by atoms with van der Waals surface area (Å²) in [5.41, 5.74) is 3.01. The summed E-state index contributed by atoms with van der Waals surface area (Å²) < 4.78 is 0. The van der Waals surface area contributed by atoms with Gasteiger partial charge in [-0.15, -0.1) is 0 Å². The van der Waals surface area contributed by atoms with Gasteiger partial charge in [0.2, 0.25) is 5.91 Å². The van der Waals surface area contributed by atoms with E-state index in [-0.39, 0.29) is 11.9 Å². The maximum Gasteiger partial charge on any atom is 0.246 e. The van der Waals surface area contributed by atoms with E-state index in [1.807, 2.05) is 55.5 Å². The predicted octanol–water partition coefficient (Wildman–Crippen LogP) is 4.81. The molecule has 0 radical (unpaired) electrons. The van der Waals surface area contributed by atoms with Gasteiger partial charge in [0.25, 0.3) is 0 Å². The smallest absolute Gasteiger partial charge is 0.246 e. The van der Waals surface area contributed by atoms with E-state index in [1.54, 1.807) is 0 Å². The number of benzene rings is 2. The highest BCUT2D eigenvalue weighted by Gasteiger charge is 2.28. The van der Waals surface area contributed by atoms with Crippen molar-refractivity contribution in [1.82, 2.24) is 4.90 Å². The number of hydrogen-bond acceptors (Lipinski definition) is 2. The SMILES string of the molecule is Cc1ccc(NC(=O)[C@@H](c2ccc(Cl)cc2)N2CCCCC2)cc1. The van der Waals surface area contributed by atoms with Crippen LogP contribution in [0.1, 0.15) is 36.4 Å². The topological polar surface area (TPSA) is 32.3 Å². The third-order valence-corrected chi connectivity index (χ3v) is 4.76. The zero-order valence-electron chi connectivity index (χ0n) is 14.0. The highest BCUT2D eigenvalue weighted by atomic mass is 35.5. The summed E-state index contributed by atoms with van der Waals surface area (Å²) in [5.74, 6) is 0.0167. The summed E-state index contributed by atoms with van der Waals surface area (Å²) in [4.78, 5) is 15.3. The molecule has 1 amide bonds. The molecule has 1 heterocycles. The molecule has 2 aromatic rings. The van der Waals surface area contributed by atoms with Gasteiger partial charge in [0.1, 0.15) is 6.04 Å². The molecule has 1 fully saturated rings.